The van der Waals surface area contributed by atoms with Gasteiger partial charge in [0.1, 0.15) is 5.60 Å². The van der Waals surface area contributed by atoms with Crippen LogP contribution in [0.5, 0.6) is 0 Å². The Hall–Kier alpha value is -1.00. The maximum atomic E-state index is 6.08. The third-order valence-corrected chi connectivity index (χ3v) is 4.38. The molecule has 1 aromatic heterocycles. The van der Waals surface area contributed by atoms with Crippen molar-refractivity contribution < 1.29 is 4.74 Å². The molecule has 0 bridgehead atoms. The minimum absolute atomic E-state index is 0.216. The summed E-state index contributed by atoms with van der Waals surface area (Å²) in [5, 5.41) is 3.40. The van der Waals surface area contributed by atoms with Gasteiger partial charge < -0.3 is 10.1 Å². The van der Waals surface area contributed by atoms with Gasteiger partial charge in [0.15, 0.2) is 5.82 Å². The smallest absolute Gasteiger partial charge is 0.160 e. The molecule has 1 fully saturated rings. The highest BCUT2D eigenvalue weighted by molar-refractivity contribution is 5.29. The van der Waals surface area contributed by atoms with E-state index in [1.165, 1.54) is 24.1 Å². The topological polar surface area (TPSA) is 47.0 Å². The zero-order valence-electron chi connectivity index (χ0n) is 12.0. The second-order valence-corrected chi connectivity index (χ2v) is 5.62. The molecule has 0 aromatic carbocycles. The van der Waals surface area contributed by atoms with E-state index in [1.54, 1.807) is 0 Å². The Morgan fingerprint density at radius 3 is 2.79 bits per heavy atom. The molecule has 1 aliphatic carbocycles. The van der Waals surface area contributed by atoms with E-state index >= 15 is 0 Å². The number of rotatable bonds is 3. The molecule has 19 heavy (non-hydrogen) atoms. The zero-order valence-corrected chi connectivity index (χ0v) is 12.0. The minimum atomic E-state index is -0.216. The number of fused-ring (bicyclic) bond motifs is 1. The van der Waals surface area contributed by atoms with Crippen LogP contribution in [0.1, 0.15) is 55.4 Å². The lowest BCUT2D eigenvalue weighted by Gasteiger charge is -2.29. The monoisotopic (exact) mass is 261 g/mol. The Morgan fingerprint density at radius 2 is 2.05 bits per heavy atom. The summed E-state index contributed by atoms with van der Waals surface area (Å²) in [6, 6.07) is 0. The molecule has 3 rings (SSSR count). The molecule has 2 aliphatic rings. The van der Waals surface area contributed by atoms with E-state index in [9.17, 15) is 0 Å². The first-order chi connectivity index (χ1) is 9.25. The number of nitrogens with zero attached hydrogens (tertiary/aromatic N) is 2. The summed E-state index contributed by atoms with van der Waals surface area (Å²) in [6.07, 6.45) is 5.61. The first-order valence-corrected chi connectivity index (χ1v) is 7.47. The standard InChI is InChI=1S/C15H23N3O/c1-3-19-15(7-4-5-8-15)14-17-11(2)12-6-9-16-10-13(12)18-14/h16H,3-10H2,1-2H3. The van der Waals surface area contributed by atoms with Crippen LogP contribution in [-0.2, 0) is 23.3 Å². The molecule has 1 N–H and O–H groups in total. The van der Waals surface area contributed by atoms with E-state index in [-0.39, 0.29) is 5.60 Å². The Kier molecular flexibility index (Phi) is 3.54. The van der Waals surface area contributed by atoms with Crippen molar-refractivity contribution in [3.63, 3.8) is 0 Å². The Morgan fingerprint density at radius 1 is 1.26 bits per heavy atom. The van der Waals surface area contributed by atoms with Crippen molar-refractivity contribution in [3.8, 4) is 0 Å². The number of nitrogens with one attached hydrogen (secondary N) is 1. The summed E-state index contributed by atoms with van der Waals surface area (Å²) < 4.78 is 6.08. The highest BCUT2D eigenvalue weighted by Gasteiger charge is 2.39. The third-order valence-electron chi connectivity index (χ3n) is 4.38. The molecule has 4 nitrogen and oxygen atoms in total. The van der Waals surface area contributed by atoms with Crippen LogP contribution < -0.4 is 5.32 Å². The molecule has 104 valence electrons. The summed E-state index contributed by atoms with van der Waals surface area (Å²) in [4.78, 5) is 9.64. The predicted octanol–water partition coefficient (Wildman–Crippen LogP) is 2.24. The Balaban J connectivity index is 2.02. The molecule has 1 saturated carbocycles. The van der Waals surface area contributed by atoms with Gasteiger partial charge in [-0.05, 0) is 58.1 Å². The molecule has 0 atom stereocenters. The molecule has 0 unspecified atom stereocenters. The molecule has 1 aliphatic heterocycles. The fraction of sp³-hybridized carbons (Fsp3) is 0.733. The number of aryl methyl sites for hydroxylation is 1. The zero-order chi connectivity index (χ0) is 13.3. The van der Waals surface area contributed by atoms with Crippen molar-refractivity contribution in [2.45, 2.75) is 58.1 Å². The van der Waals surface area contributed by atoms with E-state index in [0.29, 0.717) is 0 Å². The number of hydrogen-bond acceptors (Lipinski definition) is 4. The van der Waals surface area contributed by atoms with Gasteiger partial charge in [-0.25, -0.2) is 9.97 Å². The van der Waals surface area contributed by atoms with Crippen molar-refractivity contribution in [2.75, 3.05) is 13.2 Å². The second-order valence-electron chi connectivity index (χ2n) is 5.62. The van der Waals surface area contributed by atoms with Gasteiger partial charge in [-0.1, -0.05) is 0 Å². The Labute approximate surface area is 115 Å². The maximum Gasteiger partial charge on any atom is 0.160 e. The second kappa shape index (κ2) is 5.17. The number of aromatic nitrogens is 2. The normalized spacial score (nSPS) is 21.4. The Bertz CT molecular complexity index is 467. The van der Waals surface area contributed by atoms with Gasteiger partial charge in [0, 0.05) is 18.8 Å². The SMILES string of the molecule is CCOC1(c2nc(C)c3c(n2)CNCC3)CCCC1. The van der Waals surface area contributed by atoms with Crippen molar-refractivity contribution in [1.82, 2.24) is 15.3 Å². The highest BCUT2D eigenvalue weighted by atomic mass is 16.5. The summed E-state index contributed by atoms with van der Waals surface area (Å²) in [7, 11) is 0. The lowest BCUT2D eigenvalue weighted by molar-refractivity contribution is -0.0460. The van der Waals surface area contributed by atoms with Crippen LogP contribution in [0.3, 0.4) is 0 Å². The molecule has 0 amide bonds. The summed E-state index contributed by atoms with van der Waals surface area (Å²) in [5.74, 6) is 0.923. The molecule has 2 heterocycles. The van der Waals surface area contributed by atoms with Crippen molar-refractivity contribution in [1.29, 1.82) is 0 Å². The lowest BCUT2D eigenvalue weighted by Crippen LogP contribution is -2.33. The van der Waals surface area contributed by atoms with E-state index < -0.39 is 0 Å². The predicted molar refractivity (Wildman–Crippen MR) is 74.0 cm³/mol. The van der Waals surface area contributed by atoms with E-state index in [0.717, 1.165) is 50.5 Å². The van der Waals surface area contributed by atoms with Crippen LogP contribution in [0.2, 0.25) is 0 Å². The van der Waals surface area contributed by atoms with Crippen LogP contribution in [0.15, 0.2) is 0 Å². The molecule has 1 aromatic rings. The maximum absolute atomic E-state index is 6.08. The average molecular weight is 261 g/mol. The van der Waals surface area contributed by atoms with Crippen LogP contribution in [-0.4, -0.2) is 23.1 Å². The van der Waals surface area contributed by atoms with Crippen LogP contribution >= 0.6 is 0 Å². The fourth-order valence-electron chi connectivity index (χ4n) is 3.41. The van der Waals surface area contributed by atoms with Gasteiger partial charge in [-0.2, -0.15) is 0 Å². The van der Waals surface area contributed by atoms with Gasteiger partial charge in [0.2, 0.25) is 0 Å². The molecule has 0 spiro atoms. The van der Waals surface area contributed by atoms with Gasteiger partial charge in [0.25, 0.3) is 0 Å². The summed E-state index contributed by atoms with van der Waals surface area (Å²) in [5.41, 5.74) is 3.45. The van der Waals surface area contributed by atoms with Crippen LogP contribution in [0.4, 0.5) is 0 Å². The molecular formula is C15H23N3O. The van der Waals surface area contributed by atoms with Gasteiger partial charge in [0.05, 0.1) is 5.69 Å². The van der Waals surface area contributed by atoms with Gasteiger partial charge in [-0.3, -0.25) is 0 Å². The van der Waals surface area contributed by atoms with Crippen LogP contribution in [0.25, 0.3) is 0 Å². The minimum Gasteiger partial charge on any atom is -0.367 e. The molecule has 0 radical (unpaired) electrons. The number of hydrogen-bond donors (Lipinski definition) is 1. The van der Waals surface area contributed by atoms with Gasteiger partial charge >= 0.3 is 0 Å². The summed E-state index contributed by atoms with van der Waals surface area (Å²) >= 11 is 0. The van der Waals surface area contributed by atoms with E-state index in [4.69, 9.17) is 14.7 Å². The average Bonchev–Trinajstić information content (AvgIpc) is 2.89. The van der Waals surface area contributed by atoms with Gasteiger partial charge in [-0.15, -0.1) is 0 Å². The lowest BCUT2D eigenvalue weighted by atomic mass is 9.98. The highest BCUT2D eigenvalue weighted by Crippen LogP contribution is 2.41. The van der Waals surface area contributed by atoms with Crippen molar-refractivity contribution in [3.05, 3.63) is 22.8 Å². The number of ether oxygens (including phenoxy) is 1. The largest absolute Gasteiger partial charge is 0.367 e. The molecule has 0 saturated heterocycles. The first kappa shape index (κ1) is 13.0. The van der Waals surface area contributed by atoms with Crippen molar-refractivity contribution >= 4 is 0 Å². The molecule has 4 heteroatoms. The first-order valence-electron chi connectivity index (χ1n) is 7.47. The van der Waals surface area contributed by atoms with Crippen LogP contribution in [0, 0.1) is 6.92 Å². The summed E-state index contributed by atoms with van der Waals surface area (Å²) in [6.45, 7) is 6.82. The van der Waals surface area contributed by atoms with E-state index in [2.05, 4.69) is 19.2 Å². The quantitative estimate of drug-likeness (QED) is 0.906. The van der Waals surface area contributed by atoms with Crippen molar-refractivity contribution in [2.24, 2.45) is 0 Å². The fourth-order valence-corrected chi connectivity index (χ4v) is 3.41. The van der Waals surface area contributed by atoms with E-state index in [1.807, 2.05) is 0 Å². The third kappa shape index (κ3) is 2.28. The molecular weight excluding hydrogens is 238 g/mol.